The first kappa shape index (κ1) is 68.1. The summed E-state index contributed by atoms with van der Waals surface area (Å²) >= 11 is 0. The van der Waals surface area contributed by atoms with Crippen LogP contribution in [-0.4, -0.2) is 162 Å². The van der Waals surface area contributed by atoms with Crippen molar-refractivity contribution in [3.63, 3.8) is 0 Å². The van der Waals surface area contributed by atoms with Gasteiger partial charge >= 0.3 is 23.9 Å². The molecule has 0 spiro atoms. The molecule has 3 saturated heterocycles. The van der Waals surface area contributed by atoms with E-state index in [4.69, 9.17) is 47.5 Å². The zero-order valence-corrected chi connectivity index (χ0v) is 53.4. The van der Waals surface area contributed by atoms with Gasteiger partial charge in [-0.15, -0.1) is 0 Å². The third-order valence-electron chi connectivity index (χ3n) is 17.9. The molecule has 8 rings (SSSR count). The Kier molecular flexibility index (Phi) is 22.9. The van der Waals surface area contributed by atoms with Gasteiger partial charge in [0.15, 0.2) is 24.8 Å². The molecule has 3 aliphatic rings. The summed E-state index contributed by atoms with van der Waals surface area (Å²) in [5.41, 5.74) is -2.20. The molecule has 0 bridgehead atoms. The van der Waals surface area contributed by atoms with Gasteiger partial charge in [0, 0.05) is 42.9 Å². The Labute approximate surface area is 522 Å². The van der Waals surface area contributed by atoms with Gasteiger partial charge in [0.2, 0.25) is 0 Å². The fraction of sp³-hybridized carbons (Fsp3) is 0.514. The Balaban J connectivity index is 1.29. The fourth-order valence-corrected chi connectivity index (χ4v) is 12.9. The van der Waals surface area contributed by atoms with E-state index < -0.39 is 132 Å². The number of methoxy groups -OCH3 is 1. The first-order chi connectivity index (χ1) is 42.4. The Morgan fingerprint density at radius 3 is 1.94 bits per heavy atom. The highest BCUT2D eigenvalue weighted by molar-refractivity contribution is 5.93. The van der Waals surface area contributed by atoms with Gasteiger partial charge in [-0.25, -0.2) is 14.4 Å². The topological polar surface area (TPSA) is 230 Å². The fourth-order valence-electron chi connectivity index (χ4n) is 12.9. The predicted molar refractivity (Wildman–Crippen MR) is 334 cm³/mol. The minimum absolute atomic E-state index is 0.000502. The number of esters is 3. The number of rotatable bonds is 17. The molecule has 89 heavy (non-hydrogen) atoms. The molecule has 19 heteroatoms. The third kappa shape index (κ3) is 16.2. The summed E-state index contributed by atoms with van der Waals surface area (Å²) in [7, 11) is 5.30. The van der Waals surface area contributed by atoms with Crippen molar-refractivity contribution in [2.24, 2.45) is 28.8 Å². The predicted octanol–water partition coefficient (Wildman–Crippen LogP) is 10.4. The smallest absolute Gasteiger partial charge is 0.365 e. The van der Waals surface area contributed by atoms with Crippen molar-refractivity contribution in [1.82, 2.24) is 9.88 Å². The van der Waals surface area contributed by atoms with E-state index in [-0.39, 0.29) is 37.1 Å². The number of hydrogen-bond donors (Lipinski definition) is 2. The molecular formula is C70H89N3O16. The molecule has 19 nitrogen and oxygen atoms in total. The number of benzene rings is 4. The molecule has 1 aromatic heterocycles. The van der Waals surface area contributed by atoms with E-state index in [2.05, 4.69) is 10.1 Å². The van der Waals surface area contributed by atoms with Gasteiger partial charge in [-0.2, -0.15) is 0 Å². The molecule has 4 heterocycles. The van der Waals surface area contributed by atoms with Crippen molar-refractivity contribution in [3.8, 4) is 0 Å². The maximum absolute atomic E-state index is 15.3. The number of fused-ring (bicyclic) bond motifs is 1. The van der Waals surface area contributed by atoms with Crippen LogP contribution in [-0.2, 0) is 52.3 Å². The third-order valence-corrected chi connectivity index (χ3v) is 17.9. The number of aromatic nitrogens is 1. The monoisotopic (exact) mass is 1230 g/mol. The van der Waals surface area contributed by atoms with Gasteiger partial charge in [-0.3, -0.25) is 9.78 Å². The van der Waals surface area contributed by atoms with Crippen LogP contribution in [0.2, 0.25) is 0 Å². The van der Waals surface area contributed by atoms with Crippen LogP contribution in [0.15, 0.2) is 139 Å². The number of para-hydroxylation sites is 1. The van der Waals surface area contributed by atoms with Gasteiger partial charge < -0.3 is 62.6 Å². The summed E-state index contributed by atoms with van der Waals surface area (Å²) in [5, 5.41) is 30.6. The number of aliphatic hydroxyl groups is 2. The molecule has 18 atom stereocenters. The molecule has 0 aliphatic carbocycles. The molecular weight excluding hydrogens is 1140 g/mol. The summed E-state index contributed by atoms with van der Waals surface area (Å²) in [4.78, 5) is 69.4. The summed E-state index contributed by atoms with van der Waals surface area (Å²) in [6.07, 6.45) is -5.08. The minimum atomic E-state index is -2.12. The van der Waals surface area contributed by atoms with Crippen LogP contribution < -0.4 is 0 Å². The van der Waals surface area contributed by atoms with Crippen LogP contribution in [0.25, 0.3) is 17.0 Å². The summed E-state index contributed by atoms with van der Waals surface area (Å²) in [6, 6.07) is 34.9. The normalized spacial score (nSPS) is 33.7. The van der Waals surface area contributed by atoms with E-state index in [1.807, 2.05) is 89.2 Å². The van der Waals surface area contributed by atoms with E-state index in [9.17, 15) is 24.6 Å². The zero-order valence-electron chi connectivity index (χ0n) is 53.4. The van der Waals surface area contributed by atoms with E-state index in [0.717, 1.165) is 16.5 Å². The van der Waals surface area contributed by atoms with Gasteiger partial charge in [0.25, 0.3) is 0 Å². The molecule has 480 valence electrons. The van der Waals surface area contributed by atoms with E-state index >= 15 is 4.79 Å². The van der Waals surface area contributed by atoms with Crippen LogP contribution in [0.3, 0.4) is 0 Å². The van der Waals surface area contributed by atoms with Crippen molar-refractivity contribution >= 4 is 46.6 Å². The molecule has 3 aliphatic heterocycles. The van der Waals surface area contributed by atoms with Crippen LogP contribution in [0, 0.1) is 23.7 Å². The van der Waals surface area contributed by atoms with Gasteiger partial charge in [0.05, 0.1) is 82.6 Å². The molecule has 2 unspecified atom stereocenters. The molecule has 0 radical (unpaired) electrons. The first-order valence-corrected chi connectivity index (χ1v) is 30.8. The van der Waals surface area contributed by atoms with E-state index in [0.29, 0.717) is 17.5 Å². The maximum atomic E-state index is 15.3. The number of cyclic esters (lactones) is 1. The highest BCUT2D eigenvalue weighted by Crippen LogP contribution is 2.43. The number of likely N-dealkylation sites (N-methyl/N-ethyl adjacent to an activating group) is 1. The quantitative estimate of drug-likeness (QED) is 0.0382. The van der Waals surface area contributed by atoms with Crippen LogP contribution in [0.4, 0.5) is 0 Å². The van der Waals surface area contributed by atoms with E-state index in [1.54, 1.807) is 132 Å². The lowest BCUT2D eigenvalue weighted by Gasteiger charge is -2.50. The van der Waals surface area contributed by atoms with Crippen LogP contribution >= 0.6 is 0 Å². The number of nitrogens with zero attached hydrogens (tertiary/aromatic N) is 3. The molecule has 2 N–H and O–H groups in total. The van der Waals surface area contributed by atoms with Crippen molar-refractivity contribution in [2.45, 2.75) is 179 Å². The Morgan fingerprint density at radius 2 is 1.34 bits per heavy atom. The SMILES string of the molecule is CCC1OC(=O)[C@H](C)C(O[C@H]2C[C@@](C)(OC)[C@@H](OC(=O)c3ccccc3)[C@H](C)O2)[C@H](C)[C@@H](O[C@@H]2O[C@H](C)C[C@H](N(C)C)[C@H]2OC(=O)c2ccccc2)[C@](C)(OC/C=C/c2cnc3ccccc3c2)C[C@@H](C)/C(=N\OC(=O)c2ccccc2)[C@H](C)[C@@H](O)[C@]1(C)O. The molecule has 5 aromatic rings. The van der Waals surface area contributed by atoms with Gasteiger partial charge in [-0.05, 0) is 129 Å². The summed E-state index contributed by atoms with van der Waals surface area (Å²) in [6.45, 7) is 17.4. The zero-order chi connectivity index (χ0) is 64.4. The Morgan fingerprint density at radius 1 is 0.742 bits per heavy atom. The number of oxime groups is 1. The first-order valence-electron chi connectivity index (χ1n) is 30.8. The second kappa shape index (κ2) is 29.9. The van der Waals surface area contributed by atoms with Crippen molar-refractivity contribution in [2.75, 3.05) is 27.8 Å². The molecule has 0 amide bonds. The second-order valence-corrected chi connectivity index (χ2v) is 25.0. The standard InChI is InChI=1S/C70H89N3O16/c1-14-55-70(10,79)60(74)44(4)57(72-89-66(78)51-32-22-17-23-33-51)42(2)39-69(9,81-36-26-27-48-38-52-34-24-25-35-53(52)71-41-48)61(88-67-59(54(73(11)12)37-43(3)82-67)86-64(76)49-28-18-15-19-29-49)45(5)58(46(6)63(75)84-55)85-56-40-68(8,80-13)62(47(7)83-56)87-65(77)50-30-20-16-21-31-50/h15-35,38,41-47,54-56,58-62,67,74,79H,14,36-37,39-40H2,1-13H3/b27-26+,72-57+/t42-,43-,44+,45+,46-,47+,54+,55?,56+,58?,59-,60-,61-,62+,67+,68-,69-,70-/m1/s1. The molecule has 4 aromatic carbocycles. The van der Waals surface area contributed by atoms with Crippen LogP contribution in [0.5, 0.6) is 0 Å². The van der Waals surface area contributed by atoms with Crippen molar-refractivity contribution < 1.29 is 76.9 Å². The second-order valence-electron chi connectivity index (χ2n) is 25.0. The Hall–Kier alpha value is -6.78. The van der Waals surface area contributed by atoms with E-state index in [1.165, 1.54) is 14.0 Å². The maximum Gasteiger partial charge on any atom is 0.365 e. The lowest BCUT2D eigenvalue weighted by atomic mass is 9.73. The van der Waals surface area contributed by atoms with Gasteiger partial charge in [-0.1, -0.05) is 118 Å². The highest BCUT2D eigenvalue weighted by atomic mass is 16.7. The summed E-state index contributed by atoms with van der Waals surface area (Å²) < 4.78 is 60.9. The number of aliphatic hydroxyl groups excluding tert-OH is 1. The lowest BCUT2D eigenvalue weighted by Crippen LogP contribution is -2.62. The average Bonchev–Trinajstić information content (AvgIpc) is 2.34. The largest absolute Gasteiger partial charge is 0.459 e. The average molecular weight is 1230 g/mol. The molecule has 3 fully saturated rings. The van der Waals surface area contributed by atoms with Crippen molar-refractivity contribution in [1.29, 1.82) is 0 Å². The number of pyridine rings is 1. The van der Waals surface area contributed by atoms with Gasteiger partial charge in [0.1, 0.15) is 17.3 Å². The number of hydrogen-bond acceptors (Lipinski definition) is 19. The Bertz CT molecular complexity index is 3220. The lowest BCUT2D eigenvalue weighted by molar-refractivity contribution is -0.319. The number of ether oxygens (including phenoxy) is 9. The highest BCUT2D eigenvalue weighted by Gasteiger charge is 2.55. The minimum Gasteiger partial charge on any atom is -0.459 e. The summed E-state index contributed by atoms with van der Waals surface area (Å²) in [5.74, 6) is -6.72. The molecule has 0 saturated carbocycles. The number of carbonyl (C=O) groups excluding carboxylic acids is 4. The van der Waals surface area contributed by atoms with Crippen molar-refractivity contribution in [3.05, 3.63) is 156 Å². The van der Waals surface area contributed by atoms with Crippen LogP contribution in [0.1, 0.15) is 132 Å². The number of carbonyl (C=O) groups is 4.